The smallest absolute Gasteiger partial charge is 0.254 e. The third kappa shape index (κ3) is 3.29. The van der Waals surface area contributed by atoms with E-state index in [0.717, 1.165) is 31.4 Å². The lowest BCUT2D eigenvalue weighted by molar-refractivity contribution is 0.0933. The van der Waals surface area contributed by atoms with E-state index in [-0.39, 0.29) is 24.0 Å². The average Bonchev–Trinajstić information content (AvgIpc) is 2.83. The second kappa shape index (κ2) is 6.10. The lowest BCUT2D eigenvalue weighted by Crippen LogP contribution is -2.32. The molecule has 2 atom stereocenters. The van der Waals surface area contributed by atoms with Crippen LogP contribution in [0.3, 0.4) is 0 Å². The fraction of sp³-hybridized carbons (Fsp3) is 0.500. The summed E-state index contributed by atoms with van der Waals surface area (Å²) in [6, 6.07) is 2.89. The van der Waals surface area contributed by atoms with Crippen LogP contribution in [-0.4, -0.2) is 24.2 Å². The normalized spacial score (nSPS) is 22.5. The van der Waals surface area contributed by atoms with E-state index in [2.05, 4.69) is 5.32 Å². The van der Waals surface area contributed by atoms with Crippen LogP contribution in [0.25, 0.3) is 0 Å². The monoisotopic (exact) mass is 269 g/mol. The molecule has 19 heavy (non-hydrogen) atoms. The van der Waals surface area contributed by atoms with Gasteiger partial charge in [-0.05, 0) is 36.8 Å². The summed E-state index contributed by atoms with van der Waals surface area (Å²) < 4.78 is 26.1. The van der Waals surface area contributed by atoms with Crippen LogP contribution in [0.1, 0.15) is 29.6 Å². The standard InChI is InChI=1S/C14H17F2NO2/c15-11-4-5-12(13(16)6-11)14(19)17-7-9-2-1-3-10(9)8-18/h4-6,9-10,18H,1-3,7-8H2,(H,17,19). The number of nitrogens with one attached hydrogen (secondary N) is 1. The molecule has 0 aromatic heterocycles. The average molecular weight is 269 g/mol. The topological polar surface area (TPSA) is 49.3 Å². The molecule has 1 aliphatic carbocycles. The van der Waals surface area contributed by atoms with Crippen LogP contribution in [-0.2, 0) is 0 Å². The molecular formula is C14H17F2NO2. The molecule has 104 valence electrons. The zero-order valence-corrected chi connectivity index (χ0v) is 10.5. The Morgan fingerprint density at radius 2 is 2.05 bits per heavy atom. The molecule has 2 N–H and O–H groups in total. The summed E-state index contributed by atoms with van der Waals surface area (Å²) in [5, 5.41) is 11.8. The number of aliphatic hydroxyl groups excluding tert-OH is 1. The minimum absolute atomic E-state index is 0.117. The van der Waals surface area contributed by atoms with Crippen LogP contribution >= 0.6 is 0 Å². The number of rotatable bonds is 4. The summed E-state index contributed by atoms with van der Waals surface area (Å²) in [5.41, 5.74) is -0.153. The Kier molecular flexibility index (Phi) is 4.47. The van der Waals surface area contributed by atoms with Crippen molar-refractivity contribution in [1.82, 2.24) is 5.32 Å². The maximum atomic E-state index is 13.4. The highest BCUT2D eigenvalue weighted by molar-refractivity contribution is 5.94. The molecule has 0 heterocycles. The first-order valence-corrected chi connectivity index (χ1v) is 6.46. The fourth-order valence-corrected chi connectivity index (χ4v) is 2.62. The predicted octanol–water partition coefficient (Wildman–Crippen LogP) is 2.10. The summed E-state index contributed by atoms with van der Waals surface area (Å²) in [5.74, 6) is -1.66. The minimum atomic E-state index is -0.859. The van der Waals surface area contributed by atoms with Gasteiger partial charge >= 0.3 is 0 Å². The molecule has 3 nitrogen and oxygen atoms in total. The third-order valence-electron chi connectivity index (χ3n) is 3.75. The van der Waals surface area contributed by atoms with Crippen LogP contribution in [0.15, 0.2) is 18.2 Å². The lowest BCUT2D eigenvalue weighted by Gasteiger charge is -2.17. The van der Waals surface area contributed by atoms with Gasteiger partial charge in [0.15, 0.2) is 0 Å². The molecule has 1 saturated carbocycles. The third-order valence-corrected chi connectivity index (χ3v) is 3.75. The summed E-state index contributed by atoms with van der Waals surface area (Å²) in [6.07, 6.45) is 2.95. The molecular weight excluding hydrogens is 252 g/mol. The van der Waals surface area contributed by atoms with E-state index in [1.165, 1.54) is 0 Å². The number of halogens is 2. The van der Waals surface area contributed by atoms with E-state index in [4.69, 9.17) is 0 Å². The molecule has 2 unspecified atom stereocenters. The highest BCUT2D eigenvalue weighted by Crippen LogP contribution is 2.30. The van der Waals surface area contributed by atoms with E-state index >= 15 is 0 Å². The highest BCUT2D eigenvalue weighted by atomic mass is 19.1. The molecule has 1 aromatic carbocycles. The van der Waals surface area contributed by atoms with E-state index in [0.29, 0.717) is 12.6 Å². The van der Waals surface area contributed by atoms with Gasteiger partial charge in [-0.2, -0.15) is 0 Å². The zero-order valence-electron chi connectivity index (χ0n) is 10.5. The van der Waals surface area contributed by atoms with E-state index in [9.17, 15) is 18.7 Å². The molecule has 1 fully saturated rings. The molecule has 1 aromatic rings. The Morgan fingerprint density at radius 3 is 2.74 bits per heavy atom. The van der Waals surface area contributed by atoms with Crippen molar-refractivity contribution < 1.29 is 18.7 Å². The van der Waals surface area contributed by atoms with E-state index < -0.39 is 17.5 Å². The molecule has 0 bridgehead atoms. The van der Waals surface area contributed by atoms with Gasteiger partial charge < -0.3 is 10.4 Å². The SMILES string of the molecule is O=C(NCC1CCCC1CO)c1ccc(F)cc1F. The fourth-order valence-electron chi connectivity index (χ4n) is 2.62. The summed E-state index contributed by atoms with van der Waals surface area (Å²) >= 11 is 0. The first kappa shape index (κ1) is 13.9. The number of benzene rings is 1. The molecule has 0 aliphatic heterocycles. The van der Waals surface area contributed by atoms with E-state index in [1.807, 2.05) is 0 Å². The van der Waals surface area contributed by atoms with Crippen LogP contribution < -0.4 is 5.32 Å². The summed E-state index contributed by atoms with van der Waals surface area (Å²) in [6.45, 7) is 0.534. The molecule has 0 saturated heterocycles. The number of carbonyl (C=O) groups excluding carboxylic acids is 1. The second-order valence-corrected chi connectivity index (χ2v) is 4.97. The molecule has 5 heteroatoms. The van der Waals surface area contributed by atoms with Gasteiger partial charge in [0, 0.05) is 19.2 Å². The van der Waals surface area contributed by atoms with Crippen LogP contribution in [0.5, 0.6) is 0 Å². The van der Waals surface area contributed by atoms with Gasteiger partial charge in [0.2, 0.25) is 0 Å². The van der Waals surface area contributed by atoms with Crippen molar-refractivity contribution in [2.24, 2.45) is 11.8 Å². The molecule has 0 spiro atoms. The van der Waals surface area contributed by atoms with Crippen LogP contribution in [0.2, 0.25) is 0 Å². The maximum absolute atomic E-state index is 13.4. The largest absolute Gasteiger partial charge is 0.396 e. The molecule has 0 radical (unpaired) electrons. The van der Waals surface area contributed by atoms with Crippen molar-refractivity contribution in [3.05, 3.63) is 35.4 Å². The predicted molar refractivity (Wildman–Crippen MR) is 66.6 cm³/mol. The Bertz CT molecular complexity index is 465. The van der Waals surface area contributed by atoms with Crippen LogP contribution in [0.4, 0.5) is 8.78 Å². The van der Waals surface area contributed by atoms with Gasteiger partial charge in [-0.1, -0.05) is 6.42 Å². The van der Waals surface area contributed by atoms with Gasteiger partial charge in [-0.3, -0.25) is 4.79 Å². The molecule has 1 amide bonds. The van der Waals surface area contributed by atoms with Crippen molar-refractivity contribution in [2.45, 2.75) is 19.3 Å². The highest BCUT2D eigenvalue weighted by Gasteiger charge is 2.27. The van der Waals surface area contributed by atoms with Crippen molar-refractivity contribution >= 4 is 5.91 Å². The number of amides is 1. The molecule has 1 aliphatic rings. The number of hydrogen-bond acceptors (Lipinski definition) is 2. The Balaban J connectivity index is 1.94. The second-order valence-electron chi connectivity index (χ2n) is 4.97. The van der Waals surface area contributed by atoms with Gasteiger partial charge in [0.05, 0.1) is 5.56 Å². The number of carbonyl (C=O) groups is 1. The van der Waals surface area contributed by atoms with Crippen molar-refractivity contribution in [3.63, 3.8) is 0 Å². The zero-order chi connectivity index (χ0) is 13.8. The van der Waals surface area contributed by atoms with Gasteiger partial charge in [0.25, 0.3) is 5.91 Å². The van der Waals surface area contributed by atoms with Gasteiger partial charge in [-0.15, -0.1) is 0 Å². The Morgan fingerprint density at radius 1 is 1.32 bits per heavy atom. The number of aliphatic hydroxyl groups is 1. The van der Waals surface area contributed by atoms with Gasteiger partial charge in [0.1, 0.15) is 11.6 Å². The van der Waals surface area contributed by atoms with Crippen LogP contribution in [0, 0.1) is 23.5 Å². The minimum Gasteiger partial charge on any atom is -0.396 e. The Hall–Kier alpha value is -1.49. The van der Waals surface area contributed by atoms with Crippen molar-refractivity contribution in [2.75, 3.05) is 13.2 Å². The first-order chi connectivity index (χ1) is 9.11. The lowest BCUT2D eigenvalue weighted by atomic mass is 9.97. The van der Waals surface area contributed by atoms with Crippen molar-refractivity contribution in [1.29, 1.82) is 0 Å². The Labute approximate surface area is 110 Å². The maximum Gasteiger partial charge on any atom is 0.254 e. The van der Waals surface area contributed by atoms with E-state index in [1.54, 1.807) is 0 Å². The summed E-state index contributed by atoms with van der Waals surface area (Å²) in [7, 11) is 0. The first-order valence-electron chi connectivity index (χ1n) is 6.46. The number of hydrogen-bond donors (Lipinski definition) is 2. The molecule has 2 rings (SSSR count). The quantitative estimate of drug-likeness (QED) is 0.879. The van der Waals surface area contributed by atoms with Gasteiger partial charge in [-0.25, -0.2) is 8.78 Å². The summed E-state index contributed by atoms with van der Waals surface area (Å²) in [4.78, 5) is 11.8. The van der Waals surface area contributed by atoms with Crippen molar-refractivity contribution in [3.8, 4) is 0 Å².